The van der Waals surface area contributed by atoms with Gasteiger partial charge in [0.1, 0.15) is 10.9 Å². The van der Waals surface area contributed by atoms with Gasteiger partial charge in [-0.3, -0.25) is 14.4 Å². The van der Waals surface area contributed by atoms with Crippen molar-refractivity contribution in [3.05, 3.63) is 166 Å². The third kappa shape index (κ3) is 8.86. The second-order valence-corrected chi connectivity index (χ2v) is 11.8. The van der Waals surface area contributed by atoms with Crippen LogP contribution in [0.15, 0.2) is 144 Å². The van der Waals surface area contributed by atoms with E-state index in [0.29, 0.717) is 27.0 Å². The monoisotopic (exact) mass is 651 g/mol. The molecule has 3 amide bonds. The Morgan fingerprint density at radius 2 is 1.31 bits per heavy atom. The maximum Gasteiger partial charge on any atom is 0.272 e. The normalized spacial score (nSPS) is 11.7. The maximum atomic E-state index is 13.5. The van der Waals surface area contributed by atoms with Gasteiger partial charge in [0.25, 0.3) is 11.8 Å². The zero-order valence-electron chi connectivity index (χ0n) is 23.7. The molecule has 0 saturated heterocycles. The van der Waals surface area contributed by atoms with Gasteiger partial charge in [-0.25, -0.2) is 0 Å². The molecular formula is C36H27Cl2N3O3S. The molecule has 1 unspecified atom stereocenters. The molecule has 5 aromatic rings. The third-order valence-corrected chi connectivity index (χ3v) is 8.36. The highest BCUT2D eigenvalue weighted by molar-refractivity contribution is 8.00. The lowest BCUT2D eigenvalue weighted by Gasteiger charge is -2.18. The van der Waals surface area contributed by atoms with Crippen molar-refractivity contribution >= 4 is 70.1 Å². The molecule has 45 heavy (non-hydrogen) atoms. The average Bonchev–Trinajstić information content (AvgIpc) is 3.07. The van der Waals surface area contributed by atoms with Gasteiger partial charge in [-0.05, 0) is 71.8 Å². The SMILES string of the molecule is O=C(Nc1ccc(SC(C(=O)Nc2cc(Cl)ccc2Cl)c2ccccc2)cc1)/C(=C/c1ccccc1)NC(=O)c1ccccc1. The van der Waals surface area contributed by atoms with Crippen LogP contribution in [-0.2, 0) is 9.59 Å². The lowest BCUT2D eigenvalue weighted by atomic mass is 10.1. The fraction of sp³-hybridized carbons (Fsp3) is 0.0278. The number of thioether (sulfide) groups is 1. The van der Waals surface area contributed by atoms with Gasteiger partial charge in [-0.15, -0.1) is 11.8 Å². The summed E-state index contributed by atoms with van der Waals surface area (Å²) in [5, 5.41) is 8.73. The predicted molar refractivity (Wildman–Crippen MR) is 184 cm³/mol. The molecule has 224 valence electrons. The van der Waals surface area contributed by atoms with Crippen molar-refractivity contribution in [2.45, 2.75) is 10.1 Å². The van der Waals surface area contributed by atoms with Crippen molar-refractivity contribution in [3.63, 3.8) is 0 Å². The van der Waals surface area contributed by atoms with E-state index in [9.17, 15) is 14.4 Å². The number of hydrogen-bond acceptors (Lipinski definition) is 4. The molecular weight excluding hydrogens is 625 g/mol. The van der Waals surface area contributed by atoms with Crippen LogP contribution in [0.2, 0.25) is 10.0 Å². The Morgan fingerprint density at radius 1 is 0.689 bits per heavy atom. The number of hydrogen-bond donors (Lipinski definition) is 3. The molecule has 0 aliphatic rings. The second-order valence-electron chi connectivity index (χ2n) is 9.79. The van der Waals surface area contributed by atoms with Gasteiger partial charge in [-0.1, -0.05) is 102 Å². The zero-order valence-corrected chi connectivity index (χ0v) is 26.1. The fourth-order valence-electron chi connectivity index (χ4n) is 4.30. The number of carbonyl (C=O) groups excluding carboxylic acids is 3. The first-order valence-electron chi connectivity index (χ1n) is 13.9. The third-order valence-electron chi connectivity index (χ3n) is 6.53. The molecule has 5 rings (SSSR count). The molecule has 0 aromatic heterocycles. The molecule has 0 radical (unpaired) electrons. The first-order valence-corrected chi connectivity index (χ1v) is 15.5. The fourth-order valence-corrected chi connectivity index (χ4v) is 5.66. The molecule has 0 aliphatic heterocycles. The summed E-state index contributed by atoms with van der Waals surface area (Å²) >= 11 is 13.8. The van der Waals surface area contributed by atoms with Crippen LogP contribution in [-0.4, -0.2) is 17.7 Å². The average molecular weight is 653 g/mol. The highest BCUT2D eigenvalue weighted by atomic mass is 35.5. The number of rotatable bonds is 10. The van der Waals surface area contributed by atoms with Gasteiger partial charge in [0.15, 0.2) is 0 Å². The molecule has 0 heterocycles. The van der Waals surface area contributed by atoms with Crippen LogP contribution in [0.1, 0.15) is 26.7 Å². The summed E-state index contributed by atoms with van der Waals surface area (Å²) in [6.45, 7) is 0. The Hall–Kier alpha value is -4.82. The van der Waals surface area contributed by atoms with Crippen LogP contribution in [0.5, 0.6) is 0 Å². The van der Waals surface area contributed by atoms with Gasteiger partial charge >= 0.3 is 0 Å². The van der Waals surface area contributed by atoms with Crippen LogP contribution in [0.3, 0.4) is 0 Å². The Morgan fingerprint density at radius 3 is 1.98 bits per heavy atom. The molecule has 6 nitrogen and oxygen atoms in total. The molecule has 0 saturated carbocycles. The van der Waals surface area contributed by atoms with Crippen LogP contribution in [0.25, 0.3) is 6.08 Å². The smallest absolute Gasteiger partial charge is 0.272 e. The van der Waals surface area contributed by atoms with Gasteiger partial charge < -0.3 is 16.0 Å². The largest absolute Gasteiger partial charge is 0.323 e. The first-order chi connectivity index (χ1) is 21.9. The van der Waals surface area contributed by atoms with Gasteiger partial charge in [0, 0.05) is 21.2 Å². The van der Waals surface area contributed by atoms with Crippen LogP contribution in [0, 0.1) is 0 Å². The Kier molecular flexibility index (Phi) is 10.7. The number of halogens is 2. The molecule has 5 aromatic carbocycles. The van der Waals surface area contributed by atoms with E-state index in [4.69, 9.17) is 23.2 Å². The standard InChI is InChI=1S/C36H27Cl2N3O3S/c37-27-16-21-30(38)31(23-27)40-36(44)33(25-12-6-2-7-13-25)45-29-19-17-28(18-20-29)39-35(43)32(22-24-10-4-1-5-11-24)41-34(42)26-14-8-3-9-15-26/h1-23,33H,(H,39,43)(H,40,44)(H,41,42)/b32-22-. The topological polar surface area (TPSA) is 87.3 Å². The summed E-state index contributed by atoms with van der Waals surface area (Å²) < 4.78 is 0. The number of amides is 3. The molecule has 0 aliphatic carbocycles. The van der Waals surface area contributed by atoms with Crippen LogP contribution >= 0.6 is 35.0 Å². The first kappa shape index (κ1) is 31.6. The highest BCUT2D eigenvalue weighted by Crippen LogP contribution is 2.37. The predicted octanol–water partition coefficient (Wildman–Crippen LogP) is 8.88. The van der Waals surface area contributed by atoms with E-state index in [1.807, 2.05) is 78.9 Å². The van der Waals surface area contributed by atoms with E-state index in [0.717, 1.165) is 16.0 Å². The molecule has 0 fully saturated rings. The Bertz CT molecular complexity index is 1820. The van der Waals surface area contributed by atoms with Crippen LogP contribution < -0.4 is 16.0 Å². The molecule has 3 N–H and O–H groups in total. The summed E-state index contributed by atoms with van der Waals surface area (Å²) in [5.74, 6) is -1.15. The maximum absolute atomic E-state index is 13.5. The van der Waals surface area contributed by atoms with Crippen molar-refractivity contribution in [3.8, 4) is 0 Å². The molecule has 0 bridgehead atoms. The summed E-state index contributed by atoms with van der Waals surface area (Å²) in [7, 11) is 0. The summed E-state index contributed by atoms with van der Waals surface area (Å²) in [6.07, 6.45) is 1.62. The van der Waals surface area contributed by atoms with E-state index in [1.165, 1.54) is 11.8 Å². The van der Waals surface area contributed by atoms with E-state index in [2.05, 4.69) is 16.0 Å². The van der Waals surface area contributed by atoms with Crippen molar-refractivity contribution in [1.29, 1.82) is 0 Å². The van der Waals surface area contributed by atoms with E-state index < -0.39 is 17.1 Å². The van der Waals surface area contributed by atoms with Crippen molar-refractivity contribution in [1.82, 2.24) is 5.32 Å². The van der Waals surface area contributed by atoms with E-state index >= 15 is 0 Å². The van der Waals surface area contributed by atoms with E-state index in [1.54, 1.807) is 60.7 Å². The molecule has 1 atom stereocenters. The molecule has 0 spiro atoms. The summed E-state index contributed by atoms with van der Waals surface area (Å²) in [4.78, 5) is 40.5. The minimum atomic E-state index is -0.602. The Balaban J connectivity index is 1.32. The number of benzene rings is 5. The zero-order chi connectivity index (χ0) is 31.6. The second kappa shape index (κ2) is 15.3. The minimum absolute atomic E-state index is 0.0917. The van der Waals surface area contributed by atoms with Crippen molar-refractivity contribution in [2.24, 2.45) is 0 Å². The van der Waals surface area contributed by atoms with Crippen LogP contribution in [0.4, 0.5) is 11.4 Å². The van der Waals surface area contributed by atoms with Gasteiger partial charge in [-0.2, -0.15) is 0 Å². The van der Waals surface area contributed by atoms with E-state index in [-0.39, 0.29) is 11.6 Å². The van der Waals surface area contributed by atoms with Crippen molar-refractivity contribution in [2.75, 3.05) is 10.6 Å². The Labute approximate surface area is 275 Å². The minimum Gasteiger partial charge on any atom is -0.323 e. The quantitative estimate of drug-likeness (QED) is 0.104. The highest BCUT2D eigenvalue weighted by Gasteiger charge is 2.23. The lowest BCUT2D eigenvalue weighted by Crippen LogP contribution is -2.30. The number of anilines is 2. The summed E-state index contributed by atoms with van der Waals surface area (Å²) in [5.41, 5.74) is 3.03. The lowest BCUT2D eigenvalue weighted by molar-refractivity contribution is -0.116. The summed E-state index contributed by atoms with van der Waals surface area (Å²) in [6, 6.07) is 39.4. The molecule has 9 heteroatoms. The van der Waals surface area contributed by atoms with Gasteiger partial charge in [0.2, 0.25) is 5.91 Å². The van der Waals surface area contributed by atoms with Crippen molar-refractivity contribution < 1.29 is 14.4 Å². The number of nitrogens with one attached hydrogen (secondary N) is 3. The number of carbonyl (C=O) groups is 3. The van der Waals surface area contributed by atoms with Gasteiger partial charge in [0.05, 0.1) is 10.7 Å².